The number of carboxylic acid groups (broad SMARTS) is 1. The Kier molecular flexibility index (Phi) is 10.1. The smallest absolute Gasteiger partial charge is 0.432 e. The van der Waals surface area contributed by atoms with E-state index < -0.39 is 23.4 Å². The van der Waals surface area contributed by atoms with Crippen LogP contribution in [0.2, 0.25) is 0 Å². The van der Waals surface area contributed by atoms with E-state index in [1.165, 1.54) is 11.1 Å². The minimum Gasteiger partial charge on any atom is -0.486 e. The fourth-order valence-corrected chi connectivity index (χ4v) is 5.44. The molecular formula is C36H42N6O8. The van der Waals surface area contributed by atoms with Gasteiger partial charge in [0.05, 0.1) is 17.4 Å². The summed E-state index contributed by atoms with van der Waals surface area (Å²) < 4.78 is 18.0. The number of fused-ring (bicyclic) bond motifs is 1. The third kappa shape index (κ3) is 8.54. The Morgan fingerprint density at radius 3 is 2.30 bits per heavy atom. The van der Waals surface area contributed by atoms with Gasteiger partial charge >= 0.3 is 18.3 Å². The number of aryl methyl sites for hydroxylation is 1. The maximum atomic E-state index is 13.7. The van der Waals surface area contributed by atoms with Crippen molar-refractivity contribution >= 4 is 46.5 Å². The van der Waals surface area contributed by atoms with Crippen LogP contribution in [-0.2, 0) is 14.3 Å². The van der Waals surface area contributed by atoms with Crippen molar-refractivity contribution in [2.45, 2.75) is 72.5 Å². The SMILES string of the molecule is Cc1cnc(-c2cccc(OCC(=O)C3CCN(C(=O)OC(C)(C)C)CC3)c2)nc1N(C(=O)OC(C)(C)C)c1ccc2c(cnn2C(=O)O)c1. The maximum Gasteiger partial charge on any atom is 0.432 e. The number of rotatable bonds is 7. The van der Waals surface area contributed by atoms with Crippen LogP contribution in [-0.4, -0.2) is 84.7 Å². The van der Waals surface area contributed by atoms with E-state index >= 15 is 0 Å². The monoisotopic (exact) mass is 686 g/mol. The normalized spacial score (nSPS) is 13.9. The number of likely N-dealkylation sites (tertiary alicyclic amines) is 1. The Morgan fingerprint density at radius 1 is 0.940 bits per heavy atom. The molecule has 14 nitrogen and oxygen atoms in total. The maximum absolute atomic E-state index is 13.7. The topological polar surface area (TPSA) is 166 Å². The number of amides is 2. The Hall–Kier alpha value is -5.53. The quantitative estimate of drug-likeness (QED) is 0.213. The van der Waals surface area contributed by atoms with Crippen LogP contribution in [0, 0.1) is 12.8 Å². The second-order valence-electron chi connectivity index (χ2n) is 14.1. The summed E-state index contributed by atoms with van der Waals surface area (Å²) in [5.74, 6) is 0.722. The van der Waals surface area contributed by atoms with E-state index in [1.54, 1.807) is 81.3 Å². The van der Waals surface area contributed by atoms with Gasteiger partial charge in [-0.25, -0.2) is 29.3 Å². The predicted octanol–water partition coefficient (Wildman–Crippen LogP) is 7.00. The van der Waals surface area contributed by atoms with Gasteiger partial charge in [-0.15, -0.1) is 0 Å². The molecule has 0 saturated carbocycles. The molecule has 0 bridgehead atoms. The zero-order valence-corrected chi connectivity index (χ0v) is 29.3. The molecule has 4 aromatic rings. The number of carbonyl (C=O) groups is 4. The lowest BCUT2D eigenvalue weighted by Crippen LogP contribution is -2.43. The van der Waals surface area contributed by atoms with Gasteiger partial charge in [-0.3, -0.25) is 4.79 Å². The molecule has 2 aromatic carbocycles. The number of anilines is 2. The molecule has 0 aliphatic carbocycles. The van der Waals surface area contributed by atoms with E-state index in [9.17, 15) is 24.3 Å². The standard InChI is InChI=1S/C36H42N6O8/c1-22-19-37-30(24-9-8-10-27(18-24)48-21-29(43)23-13-15-40(16-14-23)33(46)49-35(2,3)4)39-31(22)41(34(47)50-36(5,6)7)26-11-12-28-25(17-26)20-38-42(28)32(44)45/h8-12,17-20,23H,13-16,21H2,1-7H3,(H,44,45). The molecule has 1 saturated heterocycles. The number of Topliss-reactive ketones (excluding diaryl/α,β-unsaturated/α-hetero) is 1. The first-order valence-corrected chi connectivity index (χ1v) is 16.3. The lowest BCUT2D eigenvalue weighted by molar-refractivity contribution is -0.126. The Morgan fingerprint density at radius 2 is 1.64 bits per heavy atom. The lowest BCUT2D eigenvalue weighted by Gasteiger charge is -2.32. The van der Waals surface area contributed by atoms with E-state index in [0.717, 1.165) is 4.68 Å². The Bertz CT molecular complexity index is 1920. The summed E-state index contributed by atoms with van der Waals surface area (Å²) in [5, 5.41) is 13.9. The molecule has 14 heteroatoms. The van der Waals surface area contributed by atoms with E-state index in [1.807, 2.05) is 20.8 Å². The number of nitrogens with zero attached hydrogens (tertiary/aromatic N) is 6. The van der Waals surface area contributed by atoms with Crippen molar-refractivity contribution < 1.29 is 38.5 Å². The van der Waals surface area contributed by atoms with E-state index in [-0.39, 0.29) is 30.2 Å². The van der Waals surface area contributed by atoms with Crippen molar-refractivity contribution in [1.82, 2.24) is 24.6 Å². The van der Waals surface area contributed by atoms with Crippen molar-refractivity contribution in [3.63, 3.8) is 0 Å². The molecule has 5 rings (SSSR count). The van der Waals surface area contributed by atoms with Gasteiger partial charge in [0.1, 0.15) is 29.4 Å². The molecule has 0 radical (unpaired) electrons. The molecule has 264 valence electrons. The average Bonchev–Trinajstić information content (AvgIpc) is 3.47. The number of hydrogen-bond donors (Lipinski definition) is 1. The van der Waals surface area contributed by atoms with Crippen LogP contribution in [0.1, 0.15) is 59.9 Å². The molecule has 0 atom stereocenters. The molecule has 3 heterocycles. The molecular weight excluding hydrogens is 644 g/mol. The molecule has 2 amide bonds. The largest absolute Gasteiger partial charge is 0.486 e. The number of ether oxygens (including phenoxy) is 3. The van der Waals surface area contributed by atoms with Gasteiger partial charge in [-0.1, -0.05) is 12.1 Å². The Balaban J connectivity index is 1.34. The van der Waals surface area contributed by atoms with Gasteiger partial charge in [0.15, 0.2) is 11.6 Å². The van der Waals surface area contributed by atoms with Crippen LogP contribution >= 0.6 is 0 Å². The molecule has 0 spiro atoms. The van der Waals surface area contributed by atoms with Crippen LogP contribution in [0.5, 0.6) is 5.75 Å². The van der Waals surface area contributed by atoms with Crippen LogP contribution < -0.4 is 9.64 Å². The second-order valence-corrected chi connectivity index (χ2v) is 14.1. The van der Waals surface area contributed by atoms with Gasteiger partial charge in [0.2, 0.25) is 0 Å². The minimum atomic E-state index is -1.23. The summed E-state index contributed by atoms with van der Waals surface area (Å²) >= 11 is 0. The highest BCUT2D eigenvalue weighted by molar-refractivity contribution is 5.99. The fraction of sp³-hybridized carbons (Fsp3) is 0.417. The van der Waals surface area contributed by atoms with Crippen LogP contribution in [0.15, 0.2) is 54.9 Å². The first-order chi connectivity index (χ1) is 23.5. The molecule has 1 aliphatic rings. The summed E-state index contributed by atoms with van der Waals surface area (Å²) in [6.45, 7) is 13.2. The zero-order valence-electron chi connectivity index (χ0n) is 29.3. The van der Waals surface area contributed by atoms with Crippen molar-refractivity contribution in [1.29, 1.82) is 0 Å². The predicted molar refractivity (Wildman–Crippen MR) is 185 cm³/mol. The summed E-state index contributed by atoms with van der Waals surface area (Å²) in [6, 6.07) is 11.8. The van der Waals surface area contributed by atoms with Crippen LogP contribution in [0.25, 0.3) is 22.3 Å². The highest BCUT2D eigenvalue weighted by atomic mass is 16.6. The highest BCUT2D eigenvalue weighted by Gasteiger charge is 2.31. The molecule has 1 N–H and O–H groups in total. The molecule has 1 fully saturated rings. The minimum absolute atomic E-state index is 0.0491. The summed E-state index contributed by atoms with van der Waals surface area (Å²) in [5.41, 5.74) is 0.500. The third-order valence-corrected chi connectivity index (χ3v) is 7.80. The first-order valence-electron chi connectivity index (χ1n) is 16.3. The summed E-state index contributed by atoms with van der Waals surface area (Å²) in [7, 11) is 0. The highest BCUT2D eigenvalue weighted by Crippen LogP contribution is 2.33. The third-order valence-electron chi connectivity index (χ3n) is 7.80. The van der Waals surface area contributed by atoms with Gasteiger partial charge in [-0.05, 0) is 91.6 Å². The van der Waals surface area contributed by atoms with Gasteiger partial charge < -0.3 is 24.2 Å². The van der Waals surface area contributed by atoms with Crippen LogP contribution in [0.3, 0.4) is 0 Å². The van der Waals surface area contributed by atoms with Crippen LogP contribution in [0.4, 0.5) is 25.9 Å². The summed E-state index contributed by atoms with van der Waals surface area (Å²) in [4.78, 5) is 62.9. The van der Waals surface area contributed by atoms with Gasteiger partial charge in [0, 0.05) is 41.7 Å². The fourth-order valence-electron chi connectivity index (χ4n) is 5.44. The second kappa shape index (κ2) is 14.1. The van der Waals surface area contributed by atoms with E-state index in [2.05, 4.69) is 10.1 Å². The molecule has 50 heavy (non-hydrogen) atoms. The lowest BCUT2D eigenvalue weighted by atomic mass is 9.93. The number of aromatic nitrogens is 4. The van der Waals surface area contributed by atoms with Crippen molar-refractivity contribution in [2.75, 3.05) is 24.6 Å². The zero-order chi connectivity index (χ0) is 36.4. The van der Waals surface area contributed by atoms with E-state index in [4.69, 9.17) is 19.2 Å². The number of piperidine rings is 1. The Labute approximate surface area is 290 Å². The van der Waals surface area contributed by atoms with Gasteiger partial charge in [-0.2, -0.15) is 9.78 Å². The van der Waals surface area contributed by atoms with Crippen molar-refractivity contribution in [2.24, 2.45) is 5.92 Å². The number of carbonyl (C=O) groups excluding carboxylic acids is 3. The summed E-state index contributed by atoms with van der Waals surface area (Å²) in [6.07, 6.45) is 1.76. The number of ketones is 1. The van der Waals surface area contributed by atoms with Crippen molar-refractivity contribution in [3.05, 3.63) is 60.4 Å². The van der Waals surface area contributed by atoms with Crippen molar-refractivity contribution in [3.8, 4) is 17.1 Å². The average molecular weight is 687 g/mol. The molecule has 0 unspecified atom stereocenters. The number of hydrogen-bond acceptors (Lipinski definition) is 10. The molecule has 2 aromatic heterocycles. The van der Waals surface area contributed by atoms with Gasteiger partial charge in [0.25, 0.3) is 0 Å². The molecule has 1 aliphatic heterocycles. The number of benzene rings is 2. The van der Waals surface area contributed by atoms with E-state index in [0.29, 0.717) is 65.2 Å². The first kappa shape index (κ1) is 35.8.